The topological polar surface area (TPSA) is 68.7 Å². The molecular weight excluding hydrogens is 456 g/mol. The first kappa shape index (κ1) is 25.0. The number of methoxy groups -OCH3 is 2. The Kier molecular flexibility index (Phi) is 9.05. The summed E-state index contributed by atoms with van der Waals surface area (Å²) in [5.41, 5.74) is 1.79. The maximum Gasteiger partial charge on any atom is 0.218 e. The highest BCUT2D eigenvalue weighted by Crippen LogP contribution is 2.25. The molecule has 3 rings (SSSR count). The molecule has 0 unspecified atom stereocenters. The molecule has 3 aromatic rings. The summed E-state index contributed by atoms with van der Waals surface area (Å²) >= 11 is 1.48. The summed E-state index contributed by atoms with van der Waals surface area (Å²) in [6.45, 7) is 4.31. The van der Waals surface area contributed by atoms with Gasteiger partial charge in [-0.2, -0.15) is 4.31 Å². The standard InChI is InChI=1S/C25H30N2O4S2/c1-4-5-6-24(17-25-26-15-16-32-25)33(28,29)27(18-20-7-11-22(30-2)12-8-20)19-21-9-13-23(31-3)14-10-21/h4,7-16,24H,1,5-6,17-19H2,2-3H3/t24-/m0/s1. The minimum atomic E-state index is -3.65. The predicted molar refractivity (Wildman–Crippen MR) is 133 cm³/mol. The van der Waals surface area contributed by atoms with E-state index in [9.17, 15) is 8.42 Å². The SMILES string of the molecule is C=CCC[C@@H](Cc1nccs1)S(=O)(=O)N(Cc1ccc(OC)cc1)Cc1ccc(OC)cc1. The highest BCUT2D eigenvalue weighted by molar-refractivity contribution is 7.89. The lowest BCUT2D eigenvalue weighted by Crippen LogP contribution is -2.39. The van der Waals surface area contributed by atoms with Crippen molar-refractivity contribution in [3.05, 3.63) is 88.9 Å². The van der Waals surface area contributed by atoms with E-state index in [1.165, 1.54) is 11.3 Å². The van der Waals surface area contributed by atoms with Crippen LogP contribution in [0.5, 0.6) is 11.5 Å². The number of sulfonamides is 1. The summed E-state index contributed by atoms with van der Waals surface area (Å²) in [4.78, 5) is 4.33. The van der Waals surface area contributed by atoms with E-state index < -0.39 is 15.3 Å². The Labute approximate surface area is 200 Å². The third kappa shape index (κ3) is 6.90. The normalized spacial score (nSPS) is 12.5. The highest BCUT2D eigenvalue weighted by Gasteiger charge is 2.32. The lowest BCUT2D eigenvalue weighted by molar-refractivity contribution is 0.388. The van der Waals surface area contributed by atoms with Gasteiger partial charge in [0.1, 0.15) is 11.5 Å². The summed E-state index contributed by atoms with van der Waals surface area (Å²) in [6, 6.07) is 15.0. The predicted octanol–water partition coefficient (Wildman–Crippen LogP) is 5.07. The van der Waals surface area contributed by atoms with Gasteiger partial charge >= 0.3 is 0 Å². The average molecular weight is 487 g/mol. The molecule has 0 aliphatic heterocycles. The molecule has 8 heteroatoms. The van der Waals surface area contributed by atoms with Crippen LogP contribution in [-0.4, -0.2) is 37.2 Å². The number of ether oxygens (including phenoxy) is 2. The molecule has 0 aliphatic carbocycles. The van der Waals surface area contributed by atoms with E-state index in [1.54, 1.807) is 30.8 Å². The van der Waals surface area contributed by atoms with Gasteiger partial charge in [0.05, 0.1) is 24.5 Å². The second-order valence-corrected chi connectivity index (χ2v) is 10.8. The van der Waals surface area contributed by atoms with Gasteiger partial charge in [0.25, 0.3) is 0 Å². The number of nitrogens with zero attached hydrogens (tertiary/aromatic N) is 2. The van der Waals surface area contributed by atoms with Gasteiger partial charge in [-0.15, -0.1) is 17.9 Å². The molecule has 0 spiro atoms. The molecule has 176 valence electrons. The Hall–Kier alpha value is -2.68. The number of allylic oxidation sites excluding steroid dienone is 1. The van der Waals surface area contributed by atoms with E-state index in [-0.39, 0.29) is 13.1 Å². The molecule has 0 aliphatic rings. The Bertz CT molecular complexity index is 1050. The number of benzene rings is 2. The number of rotatable bonds is 13. The van der Waals surface area contributed by atoms with Crippen LogP contribution in [0.15, 0.2) is 72.8 Å². The molecule has 0 radical (unpaired) electrons. The highest BCUT2D eigenvalue weighted by atomic mass is 32.2. The van der Waals surface area contributed by atoms with Crippen molar-refractivity contribution in [1.29, 1.82) is 0 Å². The third-order valence-electron chi connectivity index (χ3n) is 5.40. The van der Waals surface area contributed by atoms with Crippen molar-refractivity contribution in [3.8, 4) is 11.5 Å². The van der Waals surface area contributed by atoms with Gasteiger partial charge in [-0.1, -0.05) is 30.3 Å². The molecule has 0 fully saturated rings. The zero-order valence-electron chi connectivity index (χ0n) is 19.0. The Balaban J connectivity index is 1.92. The van der Waals surface area contributed by atoms with Crippen LogP contribution >= 0.6 is 11.3 Å². The van der Waals surface area contributed by atoms with Crippen LogP contribution in [0, 0.1) is 0 Å². The molecule has 0 N–H and O–H groups in total. The minimum Gasteiger partial charge on any atom is -0.497 e. The minimum absolute atomic E-state index is 0.265. The van der Waals surface area contributed by atoms with Crippen LogP contribution < -0.4 is 9.47 Å². The van der Waals surface area contributed by atoms with Crippen LogP contribution in [0.25, 0.3) is 0 Å². The third-order valence-corrected chi connectivity index (χ3v) is 8.42. The lowest BCUT2D eigenvalue weighted by atomic mass is 10.2. The zero-order chi connectivity index (χ0) is 23.7. The van der Waals surface area contributed by atoms with Crippen molar-refractivity contribution in [2.45, 2.75) is 37.6 Å². The summed E-state index contributed by atoms with van der Waals surface area (Å²) in [5.74, 6) is 1.46. The molecule has 2 aromatic carbocycles. The van der Waals surface area contributed by atoms with Crippen LogP contribution in [0.3, 0.4) is 0 Å². The van der Waals surface area contributed by atoms with Gasteiger partial charge in [0.2, 0.25) is 10.0 Å². The van der Waals surface area contributed by atoms with Gasteiger partial charge in [-0.3, -0.25) is 0 Å². The molecule has 33 heavy (non-hydrogen) atoms. The zero-order valence-corrected chi connectivity index (χ0v) is 20.6. The average Bonchev–Trinajstić information content (AvgIpc) is 3.35. The molecule has 0 saturated carbocycles. The van der Waals surface area contributed by atoms with Gasteiger partial charge < -0.3 is 9.47 Å². The summed E-state index contributed by atoms with van der Waals surface area (Å²) in [6.07, 6.45) is 4.97. The fraction of sp³-hybridized carbons (Fsp3) is 0.320. The molecule has 0 saturated heterocycles. The smallest absolute Gasteiger partial charge is 0.218 e. The Morgan fingerprint density at radius 3 is 1.97 bits per heavy atom. The molecular formula is C25H30N2O4S2. The molecule has 0 bridgehead atoms. The number of thiazole rings is 1. The first-order chi connectivity index (χ1) is 16.0. The molecule has 1 aromatic heterocycles. The van der Waals surface area contributed by atoms with Gasteiger partial charge in [-0.05, 0) is 48.2 Å². The maximum absolute atomic E-state index is 13.9. The lowest BCUT2D eigenvalue weighted by Gasteiger charge is -2.28. The van der Waals surface area contributed by atoms with Crippen molar-refractivity contribution in [2.75, 3.05) is 14.2 Å². The van der Waals surface area contributed by atoms with E-state index in [0.717, 1.165) is 27.6 Å². The Morgan fingerprint density at radius 2 is 1.55 bits per heavy atom. The van der Waals surface area contributed by atoms with Crippen molar-refractivity contribution in [3.63, 3.8) is 0 Å². The summed E-state index contributed by atoms with van der Waals surface area (Å²) in [7, 11) is -0.431. The van der Waals surface area contributed by atoms with Gasteiger partial charge in [0, 0.05) is 31.1 Å². The number of aromatic nitrogens is 1. The van der Waals surface area contributed by atoms with Crippen LogP contribution in [0.2, 0.25) is 0 Å². The fourth-order valence-electron chi connectivity index (χ4n) is 3.52. The first-order valence-corrected chi connectivity index (χ1v) is 13.1. The van der Waals surface area contributed by atoms with Crippen LogP contribution in [-0.2, 0) is 29.5 Å². The largest absolute Gasteiger partial charge is 0.497 e. The van der Waals surface area contributed by atoms with Gasteiger partial charge in [0.15, 0.2) is 0 Å². The number of hydrogen-bond donors (Lipinski definition) is 0. The monoisotopic (exact) mass is 486 g/mol. The van der Waals surface area contributed by atoms with Crippen molar-refractivity contribution >= 4 is 21.4 Å². The van der Waals surface area contributed by atoms with Crippen LogP contribution in [0.1, 0.15) is 29.0 Å². The maximum atomic E-state index is 13.9. The molecule has 1 atom stereocenters. The first-order valence-electron chi connectivity index (χ1n) is 10.7. The van der Waals surface area contributed by atoms with Crippen molar-refractivity contribution in [2.24, 2.45) is 0 Å². The van der Waals surface area contributed by atoms with Crippen LogP contribution in [0.4, 0.5) is 0 Å². The molecule has 6 nitrogen and oxygen atoms in total. The quantitative estimate of drug-likeness (QED) is 0.316. The van der Waals surface area contributed by atoms with Gasteiger partial charge in [-0.25, -0.2) is 13.4 Å². The second-order valence-electron chi connectivity index (χ2n) is 7.63. The van der Waals surface area contributed by atoms with E-state index in [2.05, 4.69) is 11.6 Å². The second kappa shape index (κ2) is 12.0. The summed E-state index contributed by atoms with van der Waals surface area (Å²) in [5, 5.41) is 2.11. The molecule has 1 heterocycles. The molecule has 0 amide bonds. The van der Waals surface area contributed by atoms with E-state index in [4.69, 9.17) is 9.47 Å². The van der Waals surface area contributed by atoms with E-state index in [1.807, 2.05) is 53.9 Å². The fourth-order valence-corrected chi connectivity index (χ4v) is 6.21. The van der Waals surface area contributed by atoms with Crippen molar-refractivity contribution in [1.82, 2.24) is 9.29 Å². The van der Waals surface area contributed by atoms with Crippen molar-refractivity contribution < 1.29 is 17.9 Å². The Morgan fingerprint density at radius 1 is 1.00 bits per heavy atom. The van der Waals surface area contributed by atoms with E-state index >= 15 is 0 Å². The van der Waals surface area contributed by atoms with E-state index in [0.29, 0.717) is 19.3 Å². The summed E-state index contributed by atoms with van der Waals surface area (Å²) < 4.78 is 39.9. The number of hydrogen-bond acceptors (Lipinski definition) is 6.